The van der Waals surface area contributed by atoms with Crippen LogP contribution in [0.25, 0.3) is 0 Å². The highest BCUT2D eigenvalue weighted by Gasteiger charge is 2.28. The predicted molar refractivity (Wildman–Crippen MR) is 88.3 cm³/mol. The summed E-state index contributed by atoms with van der Waals surface area (Å²) in [5, 5.41) is 0. The van der Waals surface area contributed by atoms with Gasteiger partial charge in [-0.2, -0.15) is 0 Å². The molecular formula is C20H24O. The summed E-state index contributed by atoms with van der Waals surface area (Å²) in [7, 11) is 0. The van der Waals surface area contributed by atoms with E-state index >= 15 is 0 Å². The molecule has 0 N–H and O–H groups in total. The van der Waals surface area contributed by atoms with Gasteiger partial charge in [0.05, 0.1) is 0 Å². The zero-order chi connectivity index (χ0) is 15.1. The van der Waals surface area contributed by atoms with Gasteiger partial charge in [0.25, 0.3) is 0 Å². The molecule has 0 aliphatic heterocycles. The smallest absolute Gasteiger partial charge is 0.135 e. The first-order valence-electron chi connectivity index (χ1n) is 7.69. The molecule has 1 nitrogen and oxygen atoms in total. The van der Waals surface area contributed by atoms with Crippen LogP contribution in [0.3, 0.4) is 0 Å². The van der Waals surface area contributed by atoms with Crippen LogP contribution in [-0.2, 0) is 17.6 Å². The minimum absolute atomic E-state index is 0.230. The van der Waals surface area contributed by atoms with Gasteiger partial charge in [-0.05, 0) is 43.7 Å². The van der Waals surface area contributed by atoms with E-state index in [1.807, 2.05) is 12.1 Å². The van der Waals surface area contributed by atoms with Gasteiger partial charge in [0.1, 0.15) is 5.78 Å². The number of benzene rings is 2. The third kappa shape index (κ3) is 4.56. The maximum Gasteiger partial charge on any atom is 0.135 e. The van der Waals surface area contributed by atoms with Gasteiger partial charge < -0.3 is 0 Å². The lowest BCUT2D eigenvalue weighted by Gasteiger charge is -2.27. The van der Waals surface area contributed by atoms with Crippen molar-refractivity contribution in [2.24, 2.45) is 5.41 Å². The fourth-order valence-electron chi connectivity index (χ4n) is 2.61. The Morgan fingerprint density at radius 2 is 1.19 bits per heavy atom. The molecule has 0 amide bonds. The standard InChI is InChI=1S/C20H24O/c1-17(21)20(2,15-13-18-9-5-3-6-10-18)16-14-19-11-7-4-8-12-19/h3-12H,13-16H2,1-2H3. The summed E-state index contributed by atoms with van der Waals surface area (Å²) in [4.78, 5) is 12.1. The van der Waals surface area contributed by atoms with Crippen molar-refractivity contribution in [2.75, 3.05) is 0 Å². The fourth-order valence-corrected chi connectivity index (χ4v) is 2.61. The van der Waals surface area contributed by atoms with E-state index in [1.54, 1.807) is 6.92 Å². The van der Waals surface area contributed by atoms with Crippen molar-refractivity contribution in [1.82, 2.24) is 0 Å². The van der Waals surface area contributed by atoms with E-state index in [-0.39, 0.29) is 5.41 Å². The van der Waals surface area contributed by atoms with Gasteiger partial charge >= 0.3 is 0 Å². The summed E-state index contributed by atoms with van der Waals surface area (Å²) in [6.45, 7) is 3.84. The molecule has 0 atom stereocenters. The maximum absolute atomic E-state index is 12.1. The van der Waals surface area contributed by atoms with E-state index in [0.717, 1.165) is 25.7 Å². The molecule has 2 aromatic carbocycles. The van der Waals surface area contributed by atoms with Crippen LogP contribution in [0, 0.1) is 5.41 Å². The molecule has 0 aliphatic carbocycles. The Morgan fingerprint density at radius 3 is 1.52 bits per heavy atom. The second-order valence-corrected chi connectivity index (χ2v) is 6.09. The van der Waals surface area contributed by atoms with Crippen molar-refractivity contribution in [3.63, 3.8) is 0 Å². The first kappa shape index (κ1) is 15.5. The quantitative estimate of drug-likeness (QED) is 0.708. The van der Waals surface area contributed by atoms with Gasteiger partial charge in [0.2, 0.25) is 0 Å². The zero-order valence-corrected chi connectivity index (χ0v) is 13.0. The average molecular weight is 280 g/mol. The van der Waals surface area contributed by atoms with Crippen LogP contribution in [-0.4, -0.2) is 5.78 Å². The summed E-state index contributed by atoms with van der Waals surface area (Å²) in [5.41, 5.74) is 2.39. The van der Waals surface area contributed by atoms with Crippen molar-refractivity contribution in [1.29, 1.82) is 0 Å². The highest BCUT2D eigenvalue weighted by atomic mass is 16.1. The molecule has 2 rings (SSSR count). The molecule has 21 heavy (non-hydrogen) atoms. The topological polar surface area (TPSA) is 17.1 Å². The van der Waals surface area contributed by atoms with Crippen molar-refractivity contribution >= 4 is 5.78 Å². The monoisotopic (exact) mass is 280 g/mol. The number of hydrogen-bond donors (Lipinski definition) is 0. The minimum atomic E-state index is -0.230. The highest BCUT2D eigenvalue weighted by Crippen LogP contribution is 2.30. The van der Waals surface area contributed by atoms with E-state index in [2.05, 4.69) is 55.5 Å². The van der Waals surface area contributed by atoms with Crippen molar-refractivity contribution in [2.45, 2.75) is 39.5 Å². The Labute approximate surface area is 128 Å². The van der Waals surface area contributed by atoms with Gasteiger partial charge in [0, 0.05) is 5.41 Å². The number of ketones is 1. The van der Waals surface area contributed by atoms with Crippen molar-refractivity contribution in [3.05, 3.63) is 71.8 Å². The zero-order valence-electron chi connectivity index (χ0n) is 13.0. The lowest BCUT2D eigenvalue weighted by molar-refractivity contribution is -0.126. The third-order valence-corrected chi connectivity index (χ3v) is 4.47. The Hall–Kier alpha value is -1.89. The second-order valence-electron chi connectivity index (χ2n) is 6.09. The third-order valence-electron chi connectivity index (χ3n) is 4.47. The van der Waals surface area contributed by atoms with Crippen molar-refractivity contribution in [3.8, 4) is 0 Å². The minimum Gasteiger partial charge on any atom is -0.299 e. The number of rotatable bonds is 7. The normalized spacial score (nSPS) is 11.3. The summed E-state index contributed by atoms with van der Waals surface area (Å²) in [6, 6.07) is 20.8. The maximum atomic E-state index is 12.1. The Kier molecular flexibility index (Phi) is 5.32. The average Bonchev–Trinajstić information content (AvgIpc) is 2.53. The lowest BCUT2D eigenvalue weighted by Crippen LogP contribution is -2.27. The molecule has 0 aliphatic rings. The molecule has 0 aromatic heterocycles. The molecular weight excluding hydrogens is 256 g/mol. The summed E-state index contributed by atoms with van der Waals surface area (Å²) < 4.78 is 0. The first-order chi connectivity index (χ1) is 10.1. The number of hydrogen-bond acceptors (Lipinski definition) is 1. The molecule has 0 saturated carbocycles. The highest BCUT2D eigenvalue weighted by molar-refractivity contribution is 5.81. The van der Waals surface area contributed by atoms with E-state index in [4.69, 9.17) is 0 Å². The van der Waals surface area contributed by atoms with Crippen LogP contribution in [0.5, 0.6) is 0 Å². The van der Waals surface area contributed by atoms with Crippen LogP contribution >= 0.6 is 0 Å². The van der Waals surface area contributed by atoms with Crippen LogP contribution in [0.15, 0.2) is 60.7 Å². The largest absolute Gasteiger partial charge is 0.299 e. The predicted octanol–water partition coefficient (Wildman–Crippen LogP) is 4.85. The van der Waals surface area contributed by atoms with Gasteiger partial charge in [-0.25, -0.2) is 0 Å². The number of aryl methyl sites for hydroxylation is 2. The van der Waals surface area contributed by atoms with Crippen LogP contribution < -0.4 is 0 Å². The summed E-state index contributed by atoms with van der Waals surface area (Å²) >= 11 is 0. The molecule has 0 unspecified atom stereocenters. The Bertz CT molecular complexity index is 513. The van der Waals surface area contributed by atoms with Crippen LogP contribution in [0.2, 0.25) is 0 Å². The Balaban J connectivity index is 1.97. The molecule has 0 fully saturated rings. The molecule has 2 aromatic rings. The first-order valence-corrected chi connectivity index (χ1v) is 7.69. The lowest BCUT2D eigenvalue weighted by atomic mass is 9.76. The molecule has 0 heterocycles. The molecule has 110 valence electrons. The fraction of sp³-hybridized carbons (Fsp3) is 0.350. The number of carbonyl (C=O) groups is 1. The summed E-state index contributed by atoms with van der Waals surface area (Å²) in [6.07, 6.45) is 3.76. The second kappa shape index (κ2) is 7.21. The van der Waals surface area contributed by atoms with Gasteiger partial charge in [-0.3, -0.25) is 4.79 Å². The van der Waals surface area contributed by atoms with Gasteiger partial charge in [-0.15, -0.1) is 0 Å². The molecule has 0 bridgehead atoms. The molecule has 0 radical (unpaired) electrons. The van der Waals surface area contributed by atoms with E-state index in [1.165, 1.54) is 11.1 Å². The van der Waals surface area contributed by atoms with Crippen LogP contribution in [0.1, 0.15) is 37.8 Å². The summed E-state index contributed by atoms with van der Waals surface area (Å²) in [5.74, 6) is 0.300. The van der Waals surface area contributed by atoms with E-state index in [0.29, 0.717) is 5.78 Å². The number of carbonyl (C=O) groups excluding carboxylic acids is 1. The van der Waals surface area contributed by atoms with E-state index in [9.17, 15) is 4.79 Å². The molecule has 0 spiro atoms. The SMILES string of the molecule is CC(=O)C(C)(CCc1ccccc1)CCc1ccccc1. The Morgan fingerprint density at radius 1 is 0.810 bits per heavy atom. The van der Waals surface area contributed by atoms with Gasteiger partial charge in [0.15, 0.2) is 0 Å². The van der Waals surface area contributed by atoms with Crippen molar-refractivity contribution < 1.29 is 4.79 Å². The van der Waals surface area contributed by atoms with Crippen LogP contribution in [0.4, 0.5) is 0 Å². The van der Waals surface area contributed by atoms with Gasteiger partial charge in [-0.1, -0.05) is 67.6 Å². The number of Topliss-reactive ketones (excluding diaryl/α,β-unsaturated/α-hetero) is 1. The molecule has 0 saturated heterocycles. The van der Waals surface area contributed by atoms with E-state index < -0.39 is 0 Å². The molecule has 1 heteroatoms.